The maximum Gasteiger partial charge on any atom is 0.306 e. The van der Waals surface area contributed by atoms with Crippen molar-refractivity contribution in [2.24, 2.45) is 0 Å². The average Bonchev–Trinajstić information content (AvgIpc) is 3.47. The molecular formula is C76H130O6. The first-order valence-electron chi connectivity index (χ1n) is 34.9. The van der Waals surface area contributed by atoms with Crippen LogP contribution in [0.15, 0.2) is 109 Å². The van der Waals surface area contributed by atoms with Crippen LogP contribution >= 0.6 is 0 Å². The lowest BCUT2D eigenvalue weighted by molar-refractivity contribution is -0.167. The normalized spacial score (nSPS) is 12.8. The largest absolute Gasteiger partial charge is 0.462 e. The van der Waals surface area contributed by atoms with Gasteiger partial charge in [0.05, 0.1) is 0 Å². The van der Waals surface area contributed by atoms with Crippen LogP contribution in [0.25, 0.3) is 0 Å². The number of carbonyl (C=O) groups is 3. The topological polar surface area (TPSA) is 78.9 Å². The molecule has 0 aliphatic carbocycles. The summed E-state index contributed by atoms with van der Waals surface area (Å²) in [6, 6.07) is 0. The van der Waals surface area contributed by atoms with Crippen LogP contribution in [0.4, 0.5) is 0 Å². The van der Waals surface area contributed by atoms with Crippen LogP contribution in [0.2, 0.25) is 0 Å². The van der Waals surface area contributed by atoms with E-state index in [9.17, 15) is 14.4 Å². The zero-order valence-corrected chi connectivity index (χ0v) is 54.0. The molecule has 0 aromatic rings. The van der Waals surface area contributed by atoms with Crippen LogP contribution in [-0.4, -0.2) is 37.2 Å². The SMILES string of the molecule is CC/C=C\C/C=C\C/C=C\C/C=C\C/C=C\C/C=C\CCCCCCCCC(=O)OCC(COC(=O)CCCCCCC/C=C\C/C=C\C/C=C\CC)OC(=O)CCCCCCCCCCCCCCCCCCCCCCCCCC. The van der Waals surface area contributed by atoms with Crippen molar-refractivity contribution in [3.63, 3.8) is 0 Å². The molecule has 0 saturated heterocycles. The Hall–Kier alpha value is -3.93. The van der Waals surface area contributed by atoms with Crippen LogP contribution < -0.4 is 0 Å². The van der Waals surface area contributed by atoms with Crippen LogP contribution in [0, 0.1) is 0 Å². The summed E-state index contributed by atoms with van der Waals surface area (Å²) >= 11 is 0. The molecule has 1 unspecified atom stereocenters. The molecule has 0 saturated carbocycles. The van der Waals surface area contributed by atoms with Crippen molar-refractivity contribution in [1.82, 2.24) is 0 Å². The first kappa shape index (κ1) is 78.1. The number of rotatable bonds is 63. The molecule has 0 fully saturated rings. The first-order valence-corrected chi connectivity index (χ1v) is 34.9. The van der Waals surface area contributed by atoms with Gasteiger partial charge in [0.15, 0.2) is 6.10 Å². The minimum absolute atomic E-state index is 0.0904. The number of hydrogen-bond donors (Lipinski definition) is 0. The fraction of sp³-hybridized carbons (Fsp3) is 0.724. The molecule has 0 amide bonds. The lowest BCUT2D eigenvalue weighted by Crippen LogP contribution is -2.30. The molecule has 0 rings (SSSR count). The van der Waals surface area contributed by atoms with Gasteiger partial charge in [-0.25, -0.2) is 0 Å². The first-order chi connectivity index (χ1) is 40.5. The van der Waals surface area contributed by atoms with Crippen molar-refractivity contribution in [3.05, 3.63) is 109 Å². The Bertz CT molecular complexity index is 1640. The van der Waals surface area contributed by atoms with Gasteiger partial charge in [0.25, 0.3) is 0 Å². The zero-order valence-electron chi connectivity index (χ0n) is 54.0. The fourth-order valence-corrected chi connectivity index (χ4v) is 9.88. The molecule has 0 heterocycles. The monoisotopic (exact) mass is 1140 g/mol. The Morgan fingerprint density at radius 3 is 0.744 bits per heavy atom. The van der Waals surface area contributed by atoms with Crippen molar-refractivity contribution in [2.45, 2.75) is 341 Å². The fourth-order valence-electron chi connectivity index (χ4n) is 9.88. The molecule has 1 atom stereocenters. The standard InChI is InChI=1S/C76H130O6/c1-4-7-10-13-16-19-22-25-28-30-32-34-36-38-40-41-43-45-48-51-54-57-60-63-66-69-75(78)81-72-73(71-80-74(77)68-65-62-59-56-53-50-47-27-24-21-18-15-12-9-6-3)82-76(79)70-67-64-61-58-55-52-49-46-44-42-39-37-35-33-31-29-26-23-20-17-14-11-8-5-2/h7,9-10,12,16,18-19,21,25,27-28,32,34,38,40,43,45,47,73H,4-6,8,11,13-15,17,20,22-24,26,29-31,33,35-37,39,41-42,44,46,48-72H2,1-3H3/b10-7-,12-9-,19-16-,21-18-,28-25-,34-32-,40-38-,45-43-,47-27-. The second kappa shape index (κ2) is 69.6. The van der Waals surface area contributed by atoms with Gasteiger partial charge in [0.1, 0.15) is 13.2 Å². The molecule has 0 radical (unpaired) electrons. The van der Waals surface area contributed by atoms with Gasteiger partial charge in [-0.1, -0.05) is 323 Å². The van der Waals surface area contributed by atoms with Gasteiger partial charge >= 0.3 is 17.9 Å². The summed E-state index contributed by atoms with van der Waals surface area (Å²) in [4.78, 5) is 38.4. The second-order valence-corrected chi connectivity index (χ2v) is 23.0. The minimum Gasteiger partial charge on any atom is -0.462 e. The van der Waals surface area contributed by atoms with Gasteiger partial charge in [-0.3, -0.25) is 14.4 Å². The van der Waals surface area contributed by atoms with Crippen molar-refractivity contribution >= 4 is 17.9 Å². The van der Waals surface area contributed by atoms with Crippen molar-refractivity contribution in [3.8, 4) is 0 Å². The summed E-state index contributed by atoms with van der Waals surface area (Å²) in [6.45, 7) is 6.43. The molecule has 0 bridgehead atoms. The predicted molar refractivity (Wildman–Crippen MR) is 357 cm³/mol. The van der Waals surface area contributed by atoms with Crippen LogP contribution in [0.1, 0.15) is 335 Å². The number of esters is 3. The van der Waals surface area contributed by atoms with Crippen LogP contribution in [-0.2, 0) is 28.6 Å². The molecular weight excluding hydrogens is 1010 g/mol. The summed E-state index contributed by atoms with van der Waals surface area (Å²) in [5, 5.41) is 0. The van der Waals surface area contributed by atoms with Gasteiger partial charge < -0.3 is 14.2 Å². The predicted octanol–water partition coefficient (Wildman–Crippen LogP) is 24.2. The molecule has 6 heteroatoms. The minimum atomic E-state index is -0.794. The second-order valence-electron chi connectivity index (χ2n) is 23.0. The van der Waals surface area contributed by atoms with Crippen molar-refractivity contribution < 1.29 is 28.6 Å². The van der Waals surface area contributed by atoms with Gasteiger partial charge in [0, 0.05) is 19.3 Å². The Morgan fingerprint density at radius 2 is 0.476 bits per heavy atom. The van der Waals surface area contributed by atoms with E-state index in [1.54, 1.807) is 0 Å². The summed E-state index contributed by atoms with van der Waals surface area (Å²) in [5.41, 5.74) is 0. The van der Waals surface area contributed by atoms with Crippen LogP contribution in [0.3, 0.4) is 0 Å². The number of hydrogen-bond acceptors (Lipinski definition) is 6. The number of ether oxygens (including phenoxy) is 3. The number of allylic oxidation sites excluding steroid dienone is 18. The Balaban J connectivity index is 4.36. The zero-order chi connectivity index (χ0) is 59.2. The van der Waals surface area contributed by atoms with E-state index in [-0.39, 0.29) is 31.1 Å². The lowest BCUT2D eigenvalue weighted by Gasteiger charge is -2.18. The van der Waals surface area contributed by atoms with E-state index in [0.29, 0.717) is 19.3 Å². The molecule has 0 aromatic heterocycles. The molecule has 0 aliphatic heterocycles. The summed E-state index contributed by atoms with van der Waals surface area (Å²) in [7, 11) is 0. The Labute approximate surface area is 508 Å². The summed E-state index contributed by atoms with van der Waals surface area (Å²) in [5.74, 6) is -0.906. The molecule has 82 heavy (non-hydrogen) atoms. The van der Waals surface area contributed by atoms with Gasteiger partial charge in [-0.15, -0.1) is 0 Å². The maximum absolute atomic E-state index is 13.0. The summed E-state index contributed by atoms with van der Waals surface area (Å²) < 4.78 is 17.0. The van der Waals surface area contributed by atoms with E-state index in [0.717, 1.165) is 148 Å². The Kier molecular flexibility index (Phi) is 66.2. The highest BCUT2D eigenvalue weighted by Crippen LogP contribution is 2.17. The van der Waals surface area contributed by atoms with Crippen molar-refractivity contribution in [2.75, 3.05) is 13.2 Å². The van der Waals surface area contributed by atoms with E-state index in [1.807, 2.05) is 0 Å². The van der Waals surface area contributed by atoms with E-state index < -0.39 is 6.10 Å². The number of unbranched alkanes of at least 4 members (excludes halogenated alkanes) is 34. The average molecular weight is 1140 g/mol. The molecule has 470 valence electrons. The van der Waals surface area contributed by atoms with Gasteiger partial charge in [-0.05, 0) is 103 Å². The molecule has 0 aliphatic rings. The molecule has 0 aromatic carbocycles. The molecule has 0 spiro atoms. The molecule has 0 N–H and O–H groups in total. The Morgan fingerprint density at radius 1 is 0.256 bits per heavy atom. The highest BCUT2D eigenvalue weighted by atomic mass is 16.6. The van der Waals surface area contributed by atoms with E-state index >= 15 is 0 Å². The van der Waals surface area contributed by atoms with Gasteiger partial charge in [-0.2, -0.15) is 0 Å². The summed E-state index contributed by atoms with van der Waals surface area (Å²) in [6.07, 6.45) is 95.4. The highest BCUT2D eigenvalue weighted by molar-refractivity contribution is 5.71. The highest BCUT2D eigenvalue weighted by Gasteiger charge is 2.19. The van der Waals surface area contributed by atoms with Crippen molar-refractivity contribution in [1.29, 1.82) is 0 Å². The van der Waals surface area contributed by atoms with Crippen LogP contribution in [0.5, 0.6) is 0 Å². The van der Waals surface area contributed by atoms with E-state index in [2.05, 4.69) is 130 Å². The maximum atomic E-state index is 13.0. The third-order valence-electron chi connectivity index (χ3n) is 15.0. The lowest BCUT2D eigenvalue weighted by atomic mass is 10.0. The number of carbonyl (C=O) groups excluding carboxylic acids is 3. The smallest absolute Gasteiger partial charge is 0.306 e. The third kappa shape index (κ3) is 66.9. The quantitative estimate of drug-likeness (QED) is 0.0261. The van der Waals surface area contributed by atoms with E-state index in [4.69, 9.17) is 14.2 Å². The van der Waals surface area contributed by atoms with Gasteiger partial charge in [0.2, 0.25) is 0 Å². The molecule has 6 nitrogen and oxygen atoms in total. The third-order valence-corrected chi connectivity index (χ3v) is 15.0. The van der Waals surface area contributed by atoms with E-state index in [1.165, 1.54) is 148 Å².